The van der Waals surface area contributed by atoms with Crippen LogP contribution in [0.1, 0.15) is 24.2 Å². The molecule has 1 N–H and O–H groups in total. The predicted octanol–water partition coefficient (Wildman–Crippen LogP) is 4.36. The van der Waals surface area contributed by atoms with Crippen LogP contribution in [-0.2, 0) is 19.1 Å². The Bertz CT molecular complexity index is 1260. The van der Waals surface area contributed by atoms with Gasteiger partial charge >= 0.3 is 5.97 Å². The molecule has 0 spiro atoms. The molecule has 0 aromatic heterocycles. The van der Waals surface area contributed by atoms with Gasteiger partial charge in [-0.2, -0.15) is 0 Å². The van der Waals surface area contributed by atoms with Crippen molar-refractivity contribution in [3.63, 3.8) is 0 Å². The Kier molecular flexibility index (Phi) is 7.94. The van der Waals surface area contributed by atoms with Gasteiger partial charge in [-0.1, -0.05) is 101 Å². The van der Waals surface area contributed by atoms with E-state index >= 15 is 0 Å². The average Bonchev–Trinajstić information content (AvgIpc) is 3.25. The van der Waals surface area contributed by atoms with Gasteiger partial charge < -0.3 is 19.7 Å². The van der Waals surface area contributed by atoms with Crippen LogP contribution in [0.15, 0.2) is 91.0 Å². The molecule has 0 saturated carbocycles. The van der Waals surface area contributed by atoms with Crippen LogP contribution in [0.25, 0.3) is 0 Å². The summed E-state index contributed by atoms with van der Waals surface area (Å²) in [6.07, 6.45) is -0.602. The van der Waals surface area contributed by atoms with Gasteiger partial charge in [0.25, 0.3) is 5.91 Å². The van der Waals surface area contributed by atoms with E-state index in [2.05, 4.69) is 27.9 Å². The van der Waals surface area contributed by atoms with Gasteiger partial charge in [0, 0.05) is 4.43 Å². The van der Waals surface area contributed by atoms with Gasteiger partial charge in [0.1, 0.15) is 23.2 Å². The van der Waals surface area contributed by atoms with E-state index in [9.17, 15) is 14.4 Å². The molecule has 38 heavy (non-hydrogen) atoms. The lowest BCUT2D eigenvalue weighted by Crippen LogP contribution is -2.71. The summed E-state index contributed by atoms with van der Waals surface area (Å²) < 4.78 is 11.7. The van der Waals surface area contributed by atoms with E-state index in [-0.39, 0.29) is 23.8 Å². The van der Waals surface area contributed by atoms with Crippen molar-refractivity contribution in [1.29, 1.82) is 0 Å². The summed E-state index contributed by atoms with van der Waals surface area (Å²) in [4.78, 5) is 41.1. The molecule has 196 valence electrons. The lowest BCUT2D eigenvalue weighted by Gasteiger charge is -2.44. The zero-order valence-corrected chi connectivity index (χ0v) is 23.6. The highest BCUT2D eigenvalue weighted by Gasteiger charge is 2.65. The molecule has 2 aliphatic heterocycles. The van der Waals surface area contributed by atoms with E-state index in [1.54, 1.807) is 17.0 Å². The molecule has 2 heterocycles. The first kappa shape index (κ1) is 26.6. The van der Waals surface area contributed by atoms with Gasteiger partial charge in [0.05, 0.1) is 4.75 Å². The van der Waals surface area contributed by atoms with Crippen molar-refractivity contribution >= 4 is 52.1 Å². The van der Waals surface area contributed by atoms with E-state index in [0.717, 1.165) is 11.1 Å². The van der Waals surface area contributed by atoms with Crippen molar-refractivity contribution in [3.05, 3.63) is 102 Å². The first-order chi connectivity index (χ1) is 18.4. The highest BCUT2D eigenvalue weighted by Crippen LogP contribution is 2.52. The Hall–Kier alpha value is -3.05. The number of carbonyl (C=O) groups is 3. The molecule has 2 saturated heterocycles. The molecule has 4 atom stereocenters. The maximum absolute atomic E-state index is 13.8. The van der Waals surface area contributed by atoms with Gasteiger partial charge in [0.2, 0.25) is 5.91 Å². The fourth-order valence-corrected chi connectivity index (χ4v) is 7.34. The molecule has 2 amide bonds. The molecular weight excluding hydrogens is 615 g/mol. The van der Waals surface area contributed by atoms with Gasteiger partial charge in [-0.3, -0.25) is 9.59 Å². The number of alkyl halides is 1. The van der Waals surface area contributed by atoms with Gasteiger partial charge in [-0.25, -0.2) is 4.79 Å². The molecule has 3 aromatic rings. The van der Waals surface area contributed by atoms with E-state index in [1.807, 2.05) is 85.8 Å². The molecule has 4 unspecified atom stereocenters. The Morgan fingerprint density at radius 1 is 0.974 bits per heavy atom. The normalized spacial score (nSPS) is 23.9. The molecule has 2 aliphatic rings. The van der Waals surface area contributed by atoms with Crippen molar-refractivity contribution in [1.82, 2.24) is 10.2 Å². The number of nitrogens with one attached hydrogen (secondary N) is 1. The summed E-state index contributed by atoms with van der Waals surface area (Å²) in [7, 11) is 0. The number of hydrogen-bond acceptors (Lipinski definition) is 6. The molecule has 2 fully saturated rings. The number of esters is 1. The molecule has 3 aromatic carbocycles. The Morgan fingerprint density at radius 2 is 1.53 bits per heavy atom. The molecule has 0 aliphatic carbocycles. The second-order valence-electron chi connectivity index (χ2n) is 9.39. The predicted molar refractivity (Wildman–Crippen MR) is 154 cm³/mol. The summed E-state index contributed by atoms with van der Waals surface area (Å²) in [5.41, 5.74) is 1.70. The standard InChI is InChI=1S/C29H27IN2O5S/c1-29(18-30)25(28(35)37-24(19-11-5-2-6-12-19)20-13-7-3-8-14-20)32-26(34)23(27(32)38-29)31-22(33)17-36-21-15-9-4-10-16-21/h2-16,23-25,27H,17-18H2,1H3,(H,31,33). The summed E-state index contributed by atoms with van der Waals surface area (Å²) in [6.45, 7) is 1.77. The lowest BCUT2D eigenvalue weighted by molar-refractivity contribution is -0.166. The third-order valence-corrected chi connectivity index (χ3v) is 10.4. The molecule has 9 heteroatoms. The second-order valence-corrected chi connectivity index (χ2v) is 11.8. The minimum Gasteiger partial charge on any atom is -0.484 e. The van der Waals surface area contributed by atoms with Crippen LogP contribution >= 0.6 is 34.4 Å². The molecule has 0 bridgehead atoms. The van der Waals surface area contributed by atoms with Crippen molar-refractivity contribution in [2.24, 2.45) is 0 Å². The maximum Gasteiger partial charge on any atom is 0.331 e. The third-order valence-electron chi connectivity index (χ3n) is 6.68. The zero-order chi connectivity index (χ0) is 26.7. The summed E-state index contributed by atoms with van der Waals surface area (Å²) in [5.74, 6) is -0.557. The smallest absolute Gasteiger partial charge is 0.331 e. The largest absolute Gasteiger partial charge is 0.484 e. The topological polar surface area (TPSA) is 84.9 Å². The Labute approximate surface area is 239 Å². The van der Waals surface area contributed by atoms with Crippen LogP contribution in [0.4, 0.5) is 0 Å². The fourth-order valence-electron chi connectivity index (χ4n) is 4.77. The Balaban J connectivity index is 1.30. The number of nitrogens with zero attached hydrogens (tertiary/aromatic N) is 1. The van der Waals surface area contributed by atoms with E-state index in [1.165, 1.54) is 11.8 Å². The van der Waals surface area contributed by atoms with Crippen LogP contribution in [0.5, 0.6) is 5.75 Å². The van der Waals surface area contributed by atoms with Gasteiger partial charge in [-0.05, 0) is 30.2 Å². The molecule has 5 rings (SSSR count). The van der Waals surface area contributed by atoms with E-state index in [4.69, 9.17) is 9.47 Å². The minimum absolute atomic E-state index is 0.198. The number of rotatable bonds is 9. The number of para-hydroxylation sites is 1. The number of benzene rings is 3. The van der Waals surface area contributed by atoms with E-state index < -0.39 is 28.9 Å². The third kappa shape index (κ3) is 5.26. The fraction of sp³-hybridized carbons (Fsp3) is 0.276. The monoisotopic (exact) mass is 642 g/mol. The number of fused-ring (bicyclic) bond motifs is 1. The lowest BCUT2D eigenvalue weighted by atomic mass is 9.95. The number of halogens is 1. The number of thioether (sulfide) groups is 1. The quantitative estimate of drug-likeness (QED) is 0.162. The van der Waals surface area contributed by atoms with Crippen molar-refractivity contribution in [3.8, 4) is 5.75 Å². The number of hydrogen-bond donors (Lipinski definition) is 1. The second kappa shape index (κ2) is 11.4. The molecule has 0 radical (unpaired) electrons. The highest BCUT2D eigenvalue weighted by atomic mass is 127. The maximum atomic E-state index is 13.8. The van der Waals surface area contributed by atoms with Crippen LogP contribution < -0.4 is 10.1 Å². The molecular formula is C29H27IN2O5S. The highest BCUT2D eigenvalue weighted by molar-refractivity contribution is 14.1. The molecule has 7 nitrogen and oxygen atoms in total. The van der Waals surface area contributed by atoms with Crippen LogP contribution in [0.2, 0.25) is 0 Å². The first-order valence-corrected chi connectivity index (χ1v) is 14.7. The first-order valence-electron chi connectivity index (χ1n) is 12.2. The van der Waals surface area contributed by atoms with Crippen molar-refractivity contribution in [2.45, 2.75) is 35.2 Å². The Morgan fingerprint density at radius 3 is 2.08 bits per heavy atom. The van der Waals surface area contributed by atoms with Crippen molar-refractivity contribution < 1.29 is 23.9 Å². The van der Waals surface area contributed by atoms with Crippen LogP contribution in [-0.4, -0.2) is 55.9 Å². The number of carbonyl (C=O) groups excluding carboxylic acids is 3. The van der Waals surface area contributed by atoms with Gasteiger partial charge in [0.15, 0.2) is 12.7 Å². The SMILES string of the molecule is CC1(CI)SC2C(NC(=O)COc3ccccc3)C(=O)N2C1C(=O)OC(c1ccccc1)c1ccccc1. The average molecular weight is 643 g/mol. The van der Waals surface area contributed by atoms with Crippen LogP contribution in [0, 0.1) is 0 Å². The number of β-lactam (4-membered cyclic amide) rings is 1. The summed E-state index contributed by atoms with van der Waals surface area (Å²) in [5, 5.41) is 2.44. The number of ether oxygens (including phenoxy) is 2. The minimum atomic E-state index is -0.773. The van der Waals surface area contributed by atoms with Gasteiger partial charge in [-0.15, -0.1) is 11.8 Å². The zero-order valence-electron chi connectivity index (χ0n) is 20.7. The van der Waals surface area contributed by atoms with E-state index in [0.29, 0.717) is 10.2 Å². The summed E-state index contributed by atoms with van der Waals surface area (Å²) >= 11 is 3.77. The summed E-state index contributed by atoms with van der Waals surface area (Å²) in [6, 6.07) is 26.7. The number of amides is 2. The van der Waals surface area contributed by atoms with Crippen LogP contribution in [0.3, 0.4) is 0 Å². The van der Waals surface area contributed by atoms with Crippen molar-refractivity contribution in [2.75, 3.05) is 11.0 Å².